The van der Waals surface area contributed by atoms with E-state index in [0.717, 1.165) is 11.3 Å². The molecular weight excluding hydrogens is 501 g/mol. The molecule has 11 nitrogen and oxygen atoms in total. The molecule has 0 radical (unpaired) electrons. The van der Waals surface area contributed by atoms with Crippen LogP contribution in [0.2, 0.25) is 5.15 Å². The lowest BCUT2D eigenvalue weighted by atomic mass is 10.1. The van der Waals surface area contributed by atoms with Gasteiger partial charge in [-0.3, -0.25) is 9.79 Å². The number of nitrogens with zero attached hydrogens (tertiary/aromatic N) is 7. The second-order valence-electron chi connectivity index (χ2n) is 8.47. The van der Waals surface area contributed by atoms with Gasteiger partial charge in [-0.25, -0.2) is 14.1 Å². The summed E-state index contributed by atoms with van der Waals surface area (Å²) in [6, 6.07) is 7.11. The zero-order valence-corrected chi connectivity index (χ0v) is 20.6. The number of pyridine rings is 1. The van der Waals surface area contributed by atoms with Crippen molar-refractivity contribution in [1.29, 1.82) is 0 Å². The second-order valence-corrected chi connectivity index (χ2v) is 8.85. The highest BCUT2D eigenvalue weighted by atomic mass is 35.5. The molecule has 4 aromatic rings. The van der Waals surface area contributed by atoms with Crippen LogP contribution in [0.3, 0.4) is 0 Å². The maximum absolute atomic E-state index is 15.0. The van der Waals surface area contributed by atoms with Gasteiger partial charge >= 0.3 is 0 Å². The van der Waals surface area contributed by atoms with Gasteiger partial charge in [0.15, 0.2) is 22.4 Å². The molecule has 0 unspecified atom stereocenters. The predicted molar refractivity (Wildman–Crippen MR) is 136 cm³/mol. The molecule has 0 bridgehead atoms. The SMILES string of the molecule is COc1ccc(-n2cc(Cl)nn2)c(CNC(=O)C(C=NCc2cn3cc(C4CC4)ccc3n2)=NN)c1F. The lowest BCUT2D eigenvalue weighted by molar-refractivity contribution is -0.114. The largest absolute Gasteiger partial charge is 0.494 e. The molecule has 0 aliphatic heterocycles. The van der Waals surface area contributed by atoms with Crippen molar-refractivity contribution in [3.05, 3.63) is 70.6 Å². The van der Waals surface area contributed by atoms with E-state index >= 15 is 4.39 Å². The lowest BCUT2D eigenvalue weighted by Gasteiger charge is -2.13. The predicted octanol–water partition coefficient (Wildman–Crippen LogP) is 2.80. The van der Waals surface area contributed by atoms with Crippen molar-refractivity contribution < 1.29 is 13.9 Å². The Morgan fingerprint density at radius 2 is 2.14 bits per heavy atom. The molecule has 37 heavy (non-hydrogen) atoms. The van der Waals surface area contributed by atoms with Crippen molar-refractivity contribution in [2.45, 2.75) is 31.8 Å². The van der Waals surface area contributed by atoms with Crippen molar-refractivity contribution in [2.75, 3.05) is 7.11 Å². The first kappa shape index (κ1) is 24.4. The number of imidazole rings is 1. The number of nitrogens with one attached hydrogen (secondary N) is 1. The van der Waals surface area contributed by atoms with E-state index in [9.17, 15) is 4.79 Å². The number of hydrazone groups is 1. The van der Waals surface area contributed by atoms with E-state index in [-0.39, 0.29) is 35.3 Å². The first-order chi connectivity index (χ1) is 18.0. The summed E-state index contributed by atoms with van der Waals surface area (Å²) in [6.45, 7) is 0.0196. The van der Waals surface area contributed by atoms with Gasteiger partial charge in [0.05, 0.1) is 37.4 Å². The van der Waals surface area contributed by atoms with E-state index in [0.29, 0.717) is 11.6 Å². The molecule has 3 N–H and O–H groups in total. The molecule has 1 aliphatic rings. The number of aliphatic imine (C=N–C) groups is 1. The number of hydrogen-bond donors (Lipinski definition) is 2. The van der Waals surface area contributed by atoms with Gasteiger partial charge in [-0.2, -0.15) is 5.10 Å². The number of rotatable bonds is 9. The minimum atomic E-state index is -0.663. The summed E-state index contributed by atoms with van der Waals surface area (Å²) in [5, 5.41) is 13.8. The Labute approximate surface area is 215 Å². The minimum absolute atomic E-state index is 0.00481. The molecule has 0 atom stereocenters. The standard InChI is InChI=1S/C24H23ClFN9O2/c1-37-20-6-5-19(35-13-21(25)32-33-35)17(23(20)26)9-29-24(36)18(31-27)10-28-8-16-12-34-11-15(14-2-3-14)4-7-22(34)30-16/h4-7,10-14H,2-3,8-9,27H2,1H3,(H,29,36). The number of fused-ring (bicyclic) bond motifs is 1. The number of aromatic nitrogens is 5. The van der Waals surface area contributed by atoms with Crippen LogP contribution in [0, 0.1) is 5.82 Å². The number of halogens is 2. The summed E-state index contributed by atoms with van der Waals surface area (Å²) >= 11 is 5.85. The maximum atomic E-state index is 15.0. The first-order valence-corrected chi connectivity index (χ1v) is 11.8. The summed E-state index contributed by atoms with van der Waals surface area (Å²) in [7, 11) is 1.34. The van der Waals surface area contributed by atoms with E-state index < -0.39 is 11.7 Å². The topological polar surface area (TPSA) is 137 Å². The van der Waals surface area contributed by atoms with E-state index in [4.69, 9.17) is 22.2 Å². The molecule has 0 spiro atoms. The first-order valence-electron chi connectivity index (χ1n) is 11.4. The molecule has 1 amide bonds. The lowest BCUT2D eigenvalue weighted by Crippen LogP contribution is -2.33. The van der Waals surface area contributed by atoms with Crippen LogP contribution in [0.5, 0.6) is 5.75 Å². The van der Waals surface area contributed by atoms with Gasteiger partial charge in [0.2, 0.25) is 0 Å². The molecule has 0 saturated heterocycles. The average molecular weight is 524 g/mol. The summed E-state index contributed by atoms with van der Waals surface area (Å²) in [5.74, 6) is 4.77. The fraction of sp³-hybridized carbons (Fsp3) is 0.250. The Morgan fingerprint density at radius 1 is 1.30 bits per heavy atom. The van der Waals surface area contributed by atoms with Crippen molar-refractivity contribution >= 4 is 35.1 Å². The van der Waals surface area contributed by atoms with Crippen LogP contribution in [0.25, 0.3) is 11.3 Å². The Morgan fingerprint density at radius 3 is 2.84 bits per heavy atom. The number of nitrogens with two attached hydrogens (primary N) is 1. The fourth-order valence-electron chi connectivity index (χ4n) is 3.92. The third-order valence-corrected chi connectivity index (χ3v) is 6.13. The normalized spacial score (nSPS) is 14.0. The van der Waals surface area contributed by atoms with Gasteiger partial charge < -0.3 is 20.3 Å². The Balaban J connectivity index is 1.26. The highest BCUT2D eigenvalue weighted by Crippen LogP contribution is 2.39. The Kier molecular flexibility index (Phi) is 6.82. The Bertz CT molecular complexity index is 1520. The van der Waals surface area contributed by atoms with Crippen LogP contribution in [-0.4, -0.2) is 49.3 Å². The van der Waals surface area contributed by atoms with Crippen molar-refractivity contribution in [2.24, 2.45) is 15.9 Å². The van der Waals surface area contributed by atoms with Crippen LogP contribution < -0.4 is 15.9 Å². The van der Waals surface area contributed by atoms with E-state index in [1.54, 1.807) is 6.07 Å². The van der Waals surface area contributed by atoms with Crippen molar-refractivity contribution in [3.63, 3.8) is 0 Å². The van der Waals surface area contributed by atoms with Gasteiger partial charge in [-0.1, -0.05) is 22.9 Å². The molecule has 1 aromatic carbocycles. The molecular formula is C24H23ClFN9O2. The molecule has 13 heteroatoms. The van der Waals surface area contributed by atoms with E-state index in [1.807, 2.05) is 16.7 Å². The smallest absolute Gasteiger partial charge is 0.273 e. The molecule has 1 fully saturated rings. The number of methoxy groups -OCH3 is 1. The number of hydrogen-bond acceptors (Lipinski definition) is 8. The van der Waals surface area contributed by atoms with Crippen LogP contribution >= 0.6 is 11.6 Å². The van der Waals surface area contributed by atoms with Crippen LogP contribution in [0.1, 0.15) is 35.6 Å². The molecule has 190 valence electrons. The zero-order valence-electron chi connectivity index (χ0n) is 19.8. The van der Waals surface area contributed by atoms with Crippen LogP contribution in [0.15, 0.2) is 52.9 Å². The van der Waals surface area contributed by atoms with E-state index in [2.05, 4.69) is 43.0 Å². The van der Waals surface area contributed by atoms with Crippen molar-refractivity contribution in [3.8, 4) is 11.4 Å². The van der Waals surface area contributed by atoms with Gasteiger partial charge in [-0.15, -0.1) is 5.10 Å². The van der Waals surface area contributed by atoms with E-state index in [1.165, 1.54) is 48.7 Å². The third-order valence-electron chi connectivity index (χ3n) is 5.95. The number of benzene rings is 1. The minimum Gasteiger partial charge on any atom is -0.494 e. The molecule has 5 rings (SSSR count). The number of carbonyl (C=O) groups is 1. The zero-order chi connectivity index (χ0) is 25.9. The Hall–Kier alpha value is -4.32. The number of carbonyl (C=O) groups excluding carboxylic acids is 1. The second kappa shape index (κ2) is 10.3. The van der Waals surface area contributed by atoms with Gasteiger partial charge in [0.1, 0.15) is 5.65 Å². The highest BCUT2D eigenvalue weighted by molar-refractivity contribution is 6.60. The van der Waals surface area contributed by atoms with Crippen molar-refractivity contribution in [1.82, 2.24) is 29.7 Å². The highest BCUT2D eigenvalue weighted by Gasteiger charge is 2.24. The molecule has 1 saturated carbocycles. The van der Waals surface area contributed by atoms with Gasteiger partial charge in [0.25, 0.3) is 5.91 Å². The summed E-state index contributed by atoms with van der Waals surface area (Å²) in [5.41, 5.74) is 3.16. The fourth-order valence-corrected chi connectivity index (χ4v) is 4.05. The summed E-state index contributed by atoms with van der Waals surface area (Å²) < 4.78 is 23.4. The molecule has 3 aromatic heterocycles. The maximum Gasteiger partial charge on any atom is 0.273 e. The number of ether oxygens (including phenoxy) is 1. The quantitative estimate of drug-likeness (QED) is 0.196. The summed E-state index contributed by atoms with van der Waals surface area (Å²) in [6.07, 6.45) is 9.12. The molecule has 3 heterocycles. The summed E-state index contributed by atoms with van der Waals surface area (Å²) in [4.78, 5) is 21.5. The van der Waals surface area contributed by atoms with Crippen LogP contribution in [0.4, 0.5) is 4.39 Å². The number of amides is 1. The average Bonchev–Trinajstić information content (AvgIpc) is 3.53. The van der Waals surface area contributed by atoms with Gasteiger partial charge in [0, 0.05) is 24.5 Å². The third kappa shape index (κ3) is 5.28. The van der Waals surface area contributed by atoms with Gasteiger partial charge in [-0.05, 0) is 42.5 Å². The van der Waals surface area contributed by atoms with Crippen LogP contribution in [-0.2, 0) is 17.9 Å². The monoisotopic (exact) mass is 523 g/mol. The molecule has 1 aliphatic carbocycles.